The molecule has 0 spiro atoms. The molecule has 0 aromatic rings. The first-order valence-electron chi connectivity index (χ1n) is 8.05. The Balaban J connectivity index is 1.50. The third kappa shape index (κ3) is 3.29. The average molecular weight is 265 g/mol. The predicted octanol–water partition coefficient (Wildman–Crippen LogP) is 1.07. The van der Waals surface area contributed by atoms with Gasteiger partial charge in [-0.15, -0.1) is 0 Å². The summed E-state index contributed by atoms with van der Waals surface area (Å²) >= 11 is 0. The van der Waals surface area contributed by atoms with Gasteiger partial charge >= 0.3 is 0 Å². The number of likely N-dealkylation sites (tertiary alicyclic amines) is 1. The van der Waals surface area contributed by atoms with Crippen molar-refractivity contribution in [2.45, 2.75) is 44.6 Å². The van der Waals surface area contributed by atoms with Crippen molar-refractivity contribution in [1.82, 2.24) is 15.1 Å². The summed E-state index contributed by atoms with van der Waals surface area (Å²) in [7, 11) is 0. The van der Waals surface area contributed by atoms with Crippen LogP contribution in [0.2, 0.25) is 0 Å². The Labute approximate surface area is 116 Å². The van der Waals surface area contributed by atoms with E-state index in [9.17, 15) is 4.79 Å². The fourth-order valence-electron chi connectivity index (χ4n) is 3.60. The van der Waals surface area contributed by atoms with Crippen molar-refractivity contribution in [1.29, 1.82) is 0 Å². The zero-order valence-corrected chi connectivity index (χ0v) is 11.9. The topological polar surface area (TPSA) is 35.6 Å². The van der Waals surface area contributed by atoms with Gasteiger partial charge in [0, 0.05) is 51.7 Å². The molecule has 1 aliphatic carbocycles. The first-order chi connectivity index (χ1) is 9.33. The average Bonchev–Trinajstić information content (AvgIpc) is 2.44. The lowest BCUT2D eigenvalue weighted by Gasteiger charge is -2.41. The lowest BCUT2D eigenvalue weighted by molar-refractivity contribution is -0.135. The van der Waals surface area contributed by atoms with Crippen molar-refractivity contribution in [2.75, 3.05) is 39.3 Å². The van der Waals surface area contributed by atoms with Crippen molar-refractivity contribution < 1.29 is 4.79 Å². The lowest BCUT2D eigenvalue weighted by atomic mass is 9.82. The summed E-state index contributed by atoms with van der Waals surface area (Å²) in [6.45, 7) is 6.48. The van der Waals surface area contributed by atoms with Crippen LogP contribution in [0.15, 0.2) is 0 Å². The SMILES string of the molecule is O=C(CC1CCC1)N1CCCC(N2CCNCC2)C1. The Morgan fingerprint density at radius 3 is 2.53 bits per heavy atom. The highest BCUT2D eigenvalue weighted by Gasteiger charge is 2.30. The van der Waals surface area contributed by atoms with Gasteiger partial charge in [-0.25, -0.2) is 0 Å². The number of piperazine rings is 1. The quantitative estimate of drug-likeness (QED) is 0.829. The van der Waals surface area contributed by atoms with Gasteiger partial charge in [0.1, 0.15) is 0 Å². The highest BCUT2D eigenvalue weighted by Crippen LogP contribution is 2.30. The molecular weight excluding hydrogens is 238 g/mol. The fourth-order valence-corrected chi connectivity index (χ4v) is 3.60. The molecule has 1 amide bonds. The number of hydrogen-bond donors (Lipinski definition) is 1. The van der Waals surface area contributed by atoms with Crippen LogP contribution >= 0.6 is 0 Å². The number of carbonyl (C=O) groups is 1. The van der Waals surface area contributed by atoms with Crippen molar-refractivity contribution in [3.63, 3.8) is 0 Å². The molecule has 1 N–H and O–H groups in total. The van der Waals surface area contributed by atoms with Gasteiger partial charge in [0.15, 0.2) is 0 Å². The van der Waals surface area contributed by atoms with Gasteiger partial charge in [-0.1, -0.05) is 6.42 Å². The molecular formula is C15H27N3O. The van der Waals surface area contributed by atoms with Gasteiger partial charge in [0.05, 0.1) is 0 Å². The molecule has 2 aliphatic heterocycles. The molecule has 2 saturated heterocycles. The maximum Gasteiger partial charge on any atom is 0.222 e. The number of rotatable bonds is 3. The van der Waals surface area contributed by atoms with Crippen molar-refractivity contribution in [3.8, 4) is 0 Å². The van der Waals surface area contributed by atoms with Crippen LogP contribution in [-0.2, 0) is 4.79 Å². The zero-order chi connectivity index (χ0) is 13.1. The van der Waals surface area contributed by atoms with E-state index in [1.807, 2.05) is 0 Å². The van der Waals surface area contributed by atoms with Crippen LogP contribution in [0.1, 0.15) is 38.5 Å². The number of nitrogens with zero attached hydrogens (tertiary/aromatic N) is 2. The highest BCUT2D eigenvalue weighted by molar-refractivity contribution is 5.76. The van der Waals surface area contributed by atoms with E-state index in [1.54, 1.807) is 0 Å². The maximum absolute atomic E-state index is 12.3. The molecule has 19 heavy (non-hydrogen) atoms. The summed E-state index contributed by atoms with van der Waals surface area (Å²) in [6.07, 6.45) is 7.16. The third-order valence-corrected chi connectivity index (χ3v) is 5.11. The summed E-state index contributed by atoms with van der Waals surface area (Å²) in [6, 6.07) is 0.612. The molecule has 108 valence electrons. The second-order valence-electron chi connectivity index (χ2n) is 6.42. The Kier molecular flexibility index (Phi) is 4.38. The molecule has 0 aromatic heterocycles. The largest absolute Gasteiger partial charge is 0.341 e. The molecule has 4 nitrogen and oxygen atoms in total. The van der Waals surface area contributed by atoms with Gasteiger partial charge in [-0.05, 0) is 31.6 Å². The van der Waals surface area contributed by atoms with Gasteiger partial charge < -0.3 is 10.2 Å². The Bertz CT molecular complexity index is 311. The molecule has 1 atom stereocenters. The van der Waals surface area contributed by atoms with Crippen LogP contribution in [0, 0.1) is 5.92 Å². The Hall–Kier alpha value is -0.610. The lowest BCUT2D eigenvalue weighted by Crippen LogP contribution is -2.55. The van der Waals surface area contributed by atoms with Crippen LogP contribution in [0.5, 0.6) is 0 Å². The summed E-state index contributed by atoms with van der Waals surface area (Å²) in [5, 5.41) is 3.41. The van der Waals surface area contributed by atoms with E-state index >= 15 is 0 Å². The second kappa shape index (κ2) is 6.23. The molecule has 3 rings (SSSR count). The number of piperidine rings is 1. The van der Waals surface area contributed by atoms with Crippen LogP contribution in [0.25, 0.3) is 0 Å². The summed E-state index contributed by atoms with van der Waals surface area (Å²) < 4.78 is 0. The Morgan fingerprint density at radius 1 is 1.05 bits per heavy atom. The minimum Gasteiger partial charge on any atom is -0.341 e. The molecule has 4 heteroatoms. The molecule has 3 aliphatic rings. The van der Waals surface area contributed by atoms with Gasteiger partial charge in [-0.3, -0.25) is 9.69 Å². The Morgan fingerprint density at radius 2 is 1.84 bits per heavy atom. The van der Waals surface area contributed by atoms with Gasteiger partial charge in [0.25, 0.3) is 0 Å². The molecule has 0 aromatic carbocycles. The molecule has 0 bridgehead atoms. The zero-order valence-electron chi connectivity index (χ0n) is 11.9. The van der Waals surface area contributed by atoms with E-state index in [-0.39, 0.29) is 0 Å². The van der Waals surface area contributed by atoms with Crippen molar-refractivity contribution >= 4 is 5.91 Å². The van der Waals surface area contributed by atoms with E-state index in [4.69, 9.17) is 0 Å². The molecule has 1 unspecified atom stereocenters. The number of nitrogens with one attached hydrogen (secondary N) is 1. The first kappa shape index (κ1) is 13.4. The predicted molar refractivity (Wildman–Crippen MR) is 76.0 cm³/mol. The van der Waals surface area contributed by atoms with Crippen LogP contribution in [0.3, 0.4) is 0 Å². The van der Waals surface area contributed by atoms with Crippen LogP contribution < -0.4 is 5.32 Å². The standard InChI is InChI=1S/C15H27N3O/c19-15(11-13-3-1-4-13)18-8-2-5-14(12-18)17-9-6-16-7-10-17/h13-14,16H,1-12H2. The van der Waals surface area contributed by atoms with E-state index in [1.165, 1.54) is 32.1 Å². The first-order valence-corrected chi connectivity index (χ1v) is 8.05. The number of carbonyl (C=O) groups excluding carboxylic acids is 1. The van der Waals surface area contributed by atoms with E-state index < -0.39 is 0 Å². The van der Waals surface area contributed by atoms with Gasteiger partial charge in [-0.2, -0.15) is 0 Å². The third-order valence-electron chi connectivity index (χ3n) is 5.11. The smallest absolute Gasteiger partial charge is 0.222 e. The van der Waals surface area contributed by atoms with E-state index in [0.29, 0.717) is 17.9 Å². The molecule has 2 heterocycles. The van der Waals surface area contributed by atoms with Crippen LogP contribution in [-0.4, -0.2) is 61.0 Å². The fraction of sp³-hybridized carbons (Fsp3) is 0.933. The number of hydrogen-bond acceptors (Lipinski definition) is 3. The van der Waals surface area contributed by atoms with E-state index in [0.717, 1.165) is 45.7 Å². The minimum atomic E-state index is 0.421. The molecule has 3 fully saturated rings. The van der Waals surface area contributed by atoms with Crippen molar-refractivity contribution in [2.24, 2.45) is 5.92 Å². The molecule has 1 saturated carbocycles. The summed E-state index contributed by atoms with van der Waals surface area (Å²) in [5.41, 5.74) is 0. The highest BCUT2D eigenvalue weighted by atomic mass is 16.2. The van der Waals surface area contributed by atoms with Crippen LogP contribution in [0.4, 0.5) is 0 Å². The molecule has 0 radical (unpaired) electrons. The number of amides is 1. The normalized spacial score (nSPS) is 30.1. The summed E-state index contributed by atoms with van der Waals surface area (Å²) in [5.74, 6) is 1.12. The van der Waals surface area contributed by atoms with Crippen molar-refractivity contribution in [3.05, 3.63) is 0 Å². The van der Waals surface area contributed by atoms with Gasteiger partial charge in [0.2, 0.25) is 5.91 Å². The second-order valence-corrected chi connectivity index (χ2v) is 6.42. The minimum absolute atomic E-state index is 0.421. The summed E-state index contributed by atoms with van der Waals surface area (Å²) in [4.78, 5) is 17.1. The monoisotopic (exact) mass is 265 g/mol. The maximum atomic E-state index is 12.3. The van der Waals surface area contributed by atoms with E-state index in [2.05, 4.69) is 15.1 Å².